The normalized spacial score (nSPS) is 18.0. The lowest BCUT2D eigenvalue weighted by atomic mass is 10.1. The second kappa shape index (κ2) is 7.81. The molecule has 1 aliphatic rings. The van der Waals surface area contributed by atoms with Crippen molar-refractivity contribution >= 4 is 18.3 Å². The predicted molar refractivity (Wildman–Crippen MR) is 97.9 cm³/mol. The molecule has 2 heterocycles. The number of amides is 1. The molecular formula is C18H25ClN4O. The highest BCUT2D eigenvalue weighted by atomic mass is 35.5. The Balaban J connectivity index is 0.00000208. The number of aromatic nitrogens is 2. The highest BCUT2D eigenvalue weighted by Crippen LogP contribution is 2.18. The first-order chi connectivity index (χ1) is 11.0. The number of aryl methyl sites for hydroxylation is 2. The second-order valence-electron chi connectivity index (χ2n) is 6.31. The molecule has 1 aliphatic heterocycles. The standard InChI is InChI=1S/C18H24N4O.ClH/c1-12-11-13(2)22(21-12)16-8-6-15(7-9-16)14(3)20-18(23)17-5-4-10-19-17;/h6-9,11,14,17,19H,4-5,10H2,1-3H3,(H,20,23);1H/t14?,17-;/m0./s1. The molecule has 1 aromatic heterocycles. The van der Waals surface area contributed by atoms with Crippen molar-refractivity contribution in [2.45, 2.75) is 45.7 Å². The summed E-state index contributed by atoms with van der Waals surface area (Å²) in [7, 11) is 0. The third kappa shape index (κ3) is 3.97. The molecule has 0 radical (unpaired) electrons. The Bertz CT molecular complexity index is 690. The van der Waals surface area contributed by atoms with E-state index in [9.17, 15) is 4.79 Å². The minimum absolute atomic E-state index is 0. The van der Waals surface area contributed by atoms with Crippen LogP contribution in [0, 0.1) is 13.8 Å². The third-order valence-corrected chi connectivity index (χ3v) is 4.38. The summed E-state index contributed by atoms with van der Waals surface area (Å²) in [6.45, 7) is 6.99. The number of rotatable bonds is 4. The van der Waals surface area contributed by atoms with Gasteiger partial charge in [-0.2, -0.15) is 5.10 Å². The molecule has 2 atom stereocenters. The fourth-order valence-electron chi connectivity index (χ4n) is 3.10. The lowest BCUT2D eigenvalue weighted by Crippen LogP contribution is -2.41. The van der Waals surface area contributed by atoms with E-state index < -0.39 is 0 Å². The van der Waals surface area contributed by atoms with Gasteiger partial charge in [-0.05, 0) is 63.9 Å². The lowest BCUT2D eigenvalue weighted by Gasteiger charge is -2.18. The van der Waals surface area contributed by atoms with Gasteiger partial charge in [0.15, 0.2) is 0 Å². The van der Waals surface area contributed by atoms with Crippen LogP contribution >= 0.6 is 12.4 Å². The summed E-state index contributed by atoms with van der Waals surface area (Å²) in [5.41, 5.74) is 4.26. The molecule has 1 unspecified atom stereocenters. The number of carbonyl (C=O) groups excluding carboxylic acids is 1. The average Bonchev–Trinajstić information content (AvgIpc) is 3.17. The lowest BCUT2D eigenvalue weighted by molar-refractivity contribution is -0.123. The Morgan fingerprint density at radius 2 is 2.04 bits per heavy atom. The van der Waals surface area contributed by atoms with Crippen molar-refractivity contribution in [2.24, 2.45) is 0 Å². The van der Waals surface area contributed by atoms with Crippen molar-refractivity contribution < 1.29 is 4.79 Å². The number of nitrogens with one attached hydrogen (secondary N) is 2. The van der Waals surface area contributed by atoms with E-state index in [1.165, 1.54) is 0 Å². The average molecular weight is 349 g/mol. The predicted octanol–water partition coefficient (Wildman–Crippen LogP) is 2.84. The summed E-state index contributed by atoms with van der Waals surface area (Å²) in [6.07, 6.45) is 2.00. The van der Waals surface area contributed by atoms with Gasteiger partial charge in [0.25, 0.3) is 0 Å². The minimum Gasteiger partial charge on any atom is -0.348 e. The molecule has 6 heteroatoms. The van der Waals surface area contributed by atoms with E-state index in [0.29, 0.717) is 0 Å². The van der Waals surface area contributed by atoms with Crippen LogP contribution in [0.4, 0.5) is 0 Å². The molecule has 1 amide bonds. The van der Waals surface area contributed by atoms with Gasteiger partial charge in [-0.15, -0.1) is 12.4 Å². The third-order valence-electron chi connectivity index (χ3n) is 4.38. The van der Waals surface area contributed by atoms with Crippen LogP contribution < -0.4 is 10.6 Å². The molecule has 130 valence electrons. The van der Waals surface area contributed by atoms with Crippen LogP contribution in [-0.4, -0.2) is 28.3 Å². The van der Waals surface area contributed by atoms with Gasteiger partial charge in [0.2, 0.25) is 5.91 Å². The number of halogens is 1. The smallest absolute Gasteiger partial charge is 0.237 e. The Morgan fingerprint density at radius 1 is 1.33 bits per heavy atom. The number of hydrogen-bond donors (Lipinski definition) is 2. The topological polar surface area (TPSA) is 59.0 Å². The van der Waals surface area contributed by atoms with Gasteiger partial charge in [0.05, 0.1) is 23.5 Å². The molecule has 5 nitrogen and oxygen atoms in total. The largest absolute Gasteiger partial charge is 0.348 e. The SMILES string of the molecule is Cc1cc(C)n(-c2ccc(C(C)NC(=O)[C@@H]3CCCN3)cc2)n1.Cl. The Morgan fingerprint density at radius 3 is 2.58 bits per heavy atom. The van der Waals surface area contributed by atoms with E-state index in [-0.39, 0.29) is 30.4 Å². The van der Waals surface area contributed by atoms with Gasteiger partial charge >= 0.3 is 0 Å². The van der Waals surface area contributed by atoms with Gasteiger partial charge in [-0.1, -0.05) is 12.1 Å². The van der Waals surface area contributed by atoms with Gasteiger partial charge in [0, 0.05) is 5.69 Å². The summed E-state index contributed by atoms with van der Waals surface area (Å²) in [5.74, 6) is 0.0950. The maximum absolute atomic E-state index is 12.2. The van der Waals surface area contributed by atoms with Crippen LogP contribution in [0.1, 0.15) is 42.8 Å². The summed E-state index contributed by atoms with van der Waals surface area (Å²) in [5, 5.41) is 10.8. The Hall–Kier alpha value is -1.85. The van der Waals surface area contributed by atoms with Crippen molar-refractivity contribution in [3.8, 4) is 5.69 Å². The highest BCUT2D eigenvalue weighted by molar-refractivity contribution is 5.85. The monoisotopic (exact) mass is 348 g/mol. The number of hydrogen-bond acceptors (Lipinski definition) is 3. The summed E-state index contributed by atoms with van der Waals surface area (Å²) in [4.78, 5) is 12.2. The van der Waals surface area contributed by atoms with Gasteiger partial charge in [-0.25, -0.2) is 4.68 Å². The van der Waals surface area contributed by atoms with Crippen molar-refractivity contribution in [1.29, 1.82) is 0 Å². The zero-order valence-electron chi connectivity index (χ0n) is 14.4. The number of carbonyl (C=O) groups is 1. The Labute approximate surface area is 149 Å². The van der Waals surface area contributed by atoms with E-state index in [1.54, 1.807) is 0 Å². The number of nitrogens with zero attached hydrogens (tertiary/aromatic N) is 2. The first-order valence-electron chi connectivity index (χ1n) is 8.22. The van der Waals surface area contributed by atoms with Gasteiger partial charge in [0.1, 0.15) is 0 Å². The summed E-state index contributed by atoms with van der Waals surface area (Å²) >= 11 is 0. The molecule has 2 N–H and O–H groups in total. The molecule has 24 heavy (non-hydrogen) atoms. The maximum atomic E-state index is 12.2. The molecular weight excluding hydrogens is 324 g/mol. The van der Waals surface area contributed by atoms with Crippen LogP contribution in [0.2, 0.25) is 0 Å². The fourth-order valence-corrected chi connectivity index (χ4v) is 3.10. The molecule has 1 aromatic carbocycles. The number of benzene rings is 1. The summed E-state index contributed by atoms with van der Waals surface area (Å²) in [6, 6.07) is 10.2. The van der Waals surface area contributed by atoms with E-state index in [0.717, 1.165) is 42.0 Å². The van der Waals surface area contributed by atoms with Crippen molar-refractivity contribution in [3.63, 3.8) is 0 Å². The molecule has 2 aromatic rings. The second-order valence-corrected chi connectivity index (χ2v) is 6.31. The van der Waals surface area contributed by atoms with E-state index in [2.05, 4.69) is 33.9 Å². The molecule has 0 bridgehead atoms. The Kier molecular flexibility index (Phi) is 6.02. The van der Waals surface area contributed by atoms with Crippen LogP contribution in [-0.2, 0) is 4.79 Å². The van der Waals surface area contributed by atoms with Crippen molar-refractivity contribution in [1.82, 2.24) is 20.4 Å². The first kappa shape index (κ1) is 18.5. The quantitative estimate of drug-likeness (QED) is 0.893. The molecule has 0 aliphatic carbocycles. The molecule has 0 spiro atoms. The van der Waals surface area contributed by atoms with Crippen LogP contribution in [0.3, 0.4) is 0 Å². The summed E-state index contributed by atoms with van der Waals surface area (Å²) < 4.78 is 1.94. The fraction of sp³-hybridized carbons (Fsp3) is 0.444. The van der Waals surface area contributed by atoms with Crippen LogP contribution in [0.5, 0.6) is 0 Å². The van der Waals surface area contributed by atoms with E-state index >= 15 is 0 Å². The maximum Gasteiger partial charge on any atom is 0.237 e. The van der Waals surface area contributed by atoms with Gasteiger partial charge < -0.3 is 10.6 Å². The molecule has 0 saturated carbocycles. The first-order valence-corrected chi connectivity index (χ1v) is 8.22. The van der Waals surface area contributed by atoms with E-state index in [4.69, 9.17) is 0 Å². The molecule has 1 fully saturated rings. The molecule has 3 rings (SSSR count). The molecule has 1 saturated heterocycles. The zero-order valence-corrected chi connectivity index (χ0v) is 15.2. The minimum atomic E-state index is -0.0357. The van der Waals surface area contributed by atoms with Crippen LogP contribution in [0.15, 0.2) is 30.3 Å². The van der Waals surface area contributed by atoms with Crippen molar-refractivity contribution in [2.75, 3.05) is 6.54 Å². The highest BCUT2D eigenvalue weighted by Gasteiger charge is 2.23. The van der Waals surface area contributed by atoms with E-state index in [1.807, 2.05) is 37.6 Å². The van der Waals surface area contributed by atoms with Gasteiger partial charge in [-0.3, -0.25) is 4.79 Å². The van der Waals surface area contributed by atoms with Crippen LogP contribution in [0.25, 0.3) is 5.69 Å². The van der Waals surface area contributed by atoms with Crippen molar-refractivity contribution in [3.05, 3.63) is 47.3 Å². The zero-order chi connectivity index (χ0) is 16.4.